The van der Waals surface area contributed by atoms with Gasteiger partial charge in [0, 0.05) is 38.5 Å². The smallest absolute Gasteiger partial charge is 0.332 e. The van der Waals surface area contributed by atoms with Crippen molar-refractivity contribution >= 4 is 22.4 Å². The Balaban J connectivity index is 2.19. The molecule has 0 unspecified atom stereocenters. The number of benzene rings is 1. The molecule has 0 fully saturated rings. The zero-order valence-electron chi connectivity index (χ0n) is 13.0. The highest BCUT2D eigenvalue weighted by molar-refractivity contribution is 5.84. The minimum atomic E-state index is -0.613. The quantitative estimate of drug-likeness (QED) is 0.770. The van der Waals surface area contributed by atoms with Crippen molar-refractivity contribution in [2.45, 2.75) is 0 Å². The number of fused-ring (bicyclic) bond motifs is 1. The summed E-state index contributed by atoms with van der Waals surface area (Å²) in [6, 6.07) is 9.54. The van der Waals surface area contributed by atoms with Gasteiger partial charge in [-0.05, 0) is 23.6 Å². The minimum absolute atomic E-state index is 0.0958. The van der Waals surface area contributed by atoms with Crippen LogP contribution in [0.1, 0.15) is 5.56 Å². The lowest BCUT2D eigenvalue weighted by Crippen LogP contribution is -2.39. The van der Waals surface area contributed by atoms with E-state index in [4.69, 9.17) is 0 Å². The van der Waals surface area contributed by atoms with Crippen LogP contribution in [0.5, 0.6) is 0 Å². The Bertz CT molecular complexity index is 1080. The molecule has 0 radical (unpaired) electrons. The van der Waals surface area contributed by atoms with Crippen LogP contribution in [0.3, 0.4) is 0 Å². The normalized spacial score (nSPS) is 10.7. The Kier molecular flexibility index (Phi) is 3.30. The minimum Gasteiger partial charge on any atom is -0.350 e. The van der Waals surface area contributed by atoms with Crippen molar-refractivity contribution in [2.24, 2.45) is 21.1 Å². The number of hydrogen-bond donors (Lipinski definition) is 1. The van der Waals surface area contributed by atoms with Gasteiger partial charge in [0.15, 0.2) is 5.56 Å². The van der Waals surface area contributed by atoms with Gasteiger partial charge in [-0.15, -0.1) is 0 Å². The second-order valence-electron chi connectivity index (χ2n) is 5.37. The molecule has 0 aliphatic rings. The number of nitrogens with one attached hydrogen (secondary N) is 1. The molecule has 1 aromatic carbocycles. The largest absolute Gasteiger partial charge is 0.350 e. The molecule has 0 bridgehead atoms. The fraction of sp³-hybridized carbons (Fsp3) is 0.188. The topological polar surface area (TPSA) is 84.8 Å². The van der Waals surface area contributed by atoms with Crippen molar-refractivity contribution in [3.05, 3.63) is 56.9 Å². The van der Waals surface area contributed by atoms with E-state index < -0.39 is 11.2 Å². The van der Waals surface area contributed by atoms with Gasteiger partial charge in [0.25, 0.3) is 5.56 Å². The molecule has 3 aromatic rings. The lowest BCUT2D eigenvalue weighted by molar-refractivity contribution is 0.689. The molecule has 0 aliphatic carbocycles. The molecule has 0 saturated heterocycles. The summed E-state index contributed by atoms with van der Waals surface area (Å²) in [5.74, 6) is 0.189. The van der Waals surface area contributed by atoms with E-state index in [0.717, 1.165) is 15.5 Å². The summed E-state index contributed by atoms with van der Waals surface area (Å²) in [5, 5.41) is 13.4. The zero-order chi connectivity index (χ0) is 16.7. The summed E-state index contributed by atoms with van der Waals surface area (Å²) >= 11 is 0. The summed E-state index contributed by atoms with van der Waals surface area (Å²) in [4.78, 5) is 24.2. The van der Waals surface area contributed by atoms with Gasteiger partial charge in [0.1, 0.15) is 11.9 Å². The Labute approximate surface area is 131 Å². The predicted octanol–water partition coefficient (Wildman–Crippen LogP) is 1.19. The Morgan fingerprint density at radius 1 is 1.09 bits per heavy atom. The summed E-state index contributed by atoms with van der Waals surface area (Å²) in [5.41, 5.74) is 0.498. The number of nitriles is 1. The van der Waals surface area contributed by atoms with E-state index in [1.807, 2.05) is 48.1 Å². The van der Waals surface area contributed by atoms with Crippen molar-refractivity contribution in [2.75, 3.05) is 5.32 Å². The van der Waals surface area contributed by atoms with E-state index in [2.05, 4.69) is 5.32 Å². The van der Waals surface area contributed by atoms with Crippen LogP contribution in [0.2, 0.25) is 0 Å². The van der Waals surface area contributed by atoms with Gasteiger partial charge in [-0.25, -0.2) is 4.79 Å². The number of hydrogen-bond acceptors (Lipinski definition) is 4. The Morgan fingerprint density at radius 2 is 1.83 bits per heavy atom. The van der Waals surface area contributed by atoms with Crippen LogP contribution in [0.25, 0.3) is 10.9 Å². The first-order valence-electron chi connectivity index (χ1n) is 6.96. The lowest BCUT2D eigenvalue weighted by atomic mass is 10.2. The maximum absolute atomic E-state index is 12.1. The van der Waals surface area contributed by atoms with E-state index >= 15 is 0 Å². The van der Waals surface area contributed by atoms with Crippen LogP contribution in [0, 0.1) is 11.3 Å². The summed E-state index contributed by atoms with van der Waals surface area (Å²) in [6.07, 6.45) is 1.95. The molecule has 2 heterocycles. The van der Waals surface area contributed by atoms with Crippen molar-refractivity contribution < 1.29 is 0 Å². The SMILES string of the molecule is Cn1c(Nc2ccc3ccn(C)c3c2)c(C#N)c(=O)n(C)c1=O. The second-order valence-corrected chi connectivity index (χ2v) is 5.37. The fourth-order valence-corrected chi connectivity index (χ4v) is 2.57. The summed E-state index contributed by atoms with van der Waals surface area (Å²) in [6.45, 7) is 0. The van der Waals surface area contributed by atoms with Crippen LogP contribution in [-0.2, 0) is 21.1 Å². The molecular formula is C16H15N5O2. The van der Waals surface area contributed by atoms with Gasteiger partial charge < -0.3 is 9.88 Å². The Morgan fingerprint density at radius 3 is 2.52 bits per heavy atom. The summed E-state index contributed by atoms with van der Waals surface area (Å²) in [7, 11) is 4.80. The maximum Gasteiger partial charge on any atom is 0.332 e. The molecule has 23 heavy (non-hydrogen) atoms. The van der Waals surface area contributed by atoms with Crippen molar-refractivity contribution in [3.63, 3.8) is 0 Å². The third-order valence-corrected chi connectivity index (χ3v) is 3.93. The van der Waals surface area contributed by atoms with E-state index in [9.17, 15) is 14.9 Å². The van der Waals surface area contributed by atoms with Crippen molar-refractivity contribution in [1.82, 2.24) is 13.7 Å². The Hall–Kier alpha value is -3.27. The zero-order valence-corrected chi connectivity index (χ0v) is 13.0. The number of aryl methyl sites for hydroxylation is 1. The molecule has 0 amide bonds. The van der Waals surface area contributed by atoms with Gasteiger partial charge in [0.2, 0.25) is 0 Å². The molecule has 2 aromatic heterocycles. The molecule has 0 saturated carbocycles. The van der Waals surface area contributed by atoms with Gasteiger partial charge >= 0.3 is 5.69 Å². The first-order valence-corrected chi connectivity index (χ1v) is 6.96. The van der Waals surface area contributed by atoms with Gasteiger partial charge in [-0.1, -0.05) is 6.07 Å². The highest BCUT2D eigenvalue weighted by Gasteiger charge is 2.15. The van der Waals surface area contributed by atoms with E-state index in [1.165, 1.54) is 18.7 Å². The van der Waals surface area contributed by atoms with E-state index in [-0.39, 0.29) is 11.4 Å². The molecule has 7 nitrogen and oxygen atoms in total. The average molecular weight is 309 g/mol. The van der Waals surface area contributed by atoms with Crippen LogP contribution < -0.4 is 16.6 Å². The van der Waals surface area contributed by atoms with Crippen LogP contribution in [0.4, 0.5) is 11.5 Å². The number of rotatable bonds is 2. The van der Waals surface area contributed by atoms with Gasteiger partial charge in [-0.3, -0.25) is 13.9 Å². The molecule has 0 spiro atoms. The fourth-order valence-electron chi connectivity index (χ4n) is 2.57. The second kappa shape index (κ2) is 5.18. The third kappa shape index (κ3) is 2.21. The van der Waals surface area contributed by atoms with Crippen molar-refractivity contribution in [1.29, 1.82) is 5.26 Å². The van der Waals surface area contributed by atoms with E-state index in [1.54, 1.807) is 0 Å². The predicted molar refractivity (Wildman–Crippen MR) is 87.8 cm³/mol. The van der Waals surface area contributed by atoms with Crippen LogP contribution >= 0.6 is 0 Å². The van der Waals surface area contributed by atoms with E-state index in [0.29, 0.717) is 5.69 Å². The average Bonchev–Trinajstić information content (AvgIpc) is 2.92. The highest BCUT2D eigenvalue weighted by atomic mass is 16.2. The molecule has 3 rings (SSSR count). The molecule has 116 valence electrons. The van der Waals surface area contributed by atoms with Crippen molar-refractivity contribution in [3.8, 4) is 6.07 Å². The maximum atomic E-state index is 12.1. The standard InChI is InChI=1S/C16H15N5O2/c1-19-7-6-10-4-5-11(8-13(10)19)18-14-12(9-17)15(22)21(3)16(23)20(14)2/h4-8,18H,1-3H3. The molecule has 1 N–H and O–H groups in total. The van der Waals surface area contributed by atoms with Gasteiger partial charge in [0.05, 0.1) is 0 Å². The highest BCUT2D eigenvalue weighted by Crippen LogP contribution is 2.23. The third-order valence-electron chi connectivity index (χ3n) is 3.93. The molecule has 0 aliphatic heterocycles. The van der Waals surface area contributed by atoms with Crippen LogP contribution in [0.15, 0.2) is 40.1 Å². The number of anilines is 2. The molecular weight excluding hydrogens is 294 g/mol. The number of nitrogens with zero attached hydrogens (tertiary/aromatic N) is 4. The van der Waals surface area contributed by atoms with Crippen LogP contribution in [-0.4, -0.2) is 13.7 Å². The number of aromatic nitrogens is 3. The molecule has 7 heteroatoms. The first kappa shape index (κ1) is 14.7. The lowest BCUT2D eigenvalue weighted by Gasteiger charge is -2.14. The monoisotopic (exact) mass is 309 g/mol. The first-order chi connectivity index (χ1) is 10.9. The summed E-state index contributed by atoms with van der Waals surface area (Å²) < 4.78 is 4.15. The van der Waals surface area contributed by atoms with Gasteiger partial charge in [-0.2, -0.15) is 5.26 Å². The molecule has 0 atom stereocenters.